The smallest absolute Gasteiger partial charge is 0.335 e. The van der Waals surface area contributed by atoms with Gasteiger partial charge in [0, 0.05) is 6.92 Å². The van der Waals surface area contributed by atoms with Crippen LogP contribution in [0.3, 0.4) is 0 Å². The number of carboxylic acid groups (broad SMARTS) is 1. The molecule has 0 radical (unpaired) electrons. The molecule has 1 aliphatic rings. The van der Waals surface area contributed by atoms with Crippen molar-refractivity contribution in [3.8, 4) is 0 Å². The lowest BCUT2D eigenvalue weighted by atomic mass is 10.1. The number of fused-ring (bicyclic) bond motifs is 1. The second kappa shape index (κ2) is 6.45. The van der Waals surface area contributed by atoms with Gasteiger partial charge in [0.15, 0.2) is 23.8 Å². The summed E-state index contributed by atoms with van der Waals surface area (Å²) in [6.45, 7) is 1.25. The van der Waals surface area contributed by atoms with E-state index in [1.165, 1.54) is 17.8 Å². The Balaban J connectivity index is 2.01. The van der Waals surface area contributed by atoms with Gasteiger partial charge < -0.3 is 30.9 Å². The number of nitrogens with zero attached hydrogens (tertiary/aromatic N) is 4. The lowest BCUT2D eigenvalue weighted by Crippen LogP contribution is -2.42. The van der Waals surface area contributed by atoms with E-state index < -0.39 is 42.5 Å². The molecular formula is C13H16N6O7. The number of rotatable bonds is 4. The summed E-state index contributed by atoms with van der Waals surface area (Å²) >= 11 is 0. The number of aliphatic hydroxyl groups is 3. The van der Waals surface area contributed by atoms with Crippen molar-refractivity contribution in [1.82, 2.24) is 19.5 Å². The van der Waals surface area contributed by atoms with Crippen LogP contribution < -0.4 is 11.1 Å². The fraction of sp³-hybridized carbons (Fsp3) is 0.462. The molecule has 26 heavy (non-hydrogen) atoms. The minimum atomic E-state index is -2.05. The monoisotopic (exact) mass is 368 g/mol. The fourth-order valence-corrected chi connectivity index (χ4v) is 2.65. The molecule has 1 unspecified atom stereocenters. The SMILES string of the molecule is CC(=O)Nc1nc(N)c2ncn([C@@H]3O[C@H](C(O)C(=O)O)[C@@H](O)[C@H]3O)c2n1. The van der Waals surface area contributed by atoms with E-state index in [4.69, 9.17) is 15.6 Å². The quantitative estimate of drug-likeness (QED) is 0.330. The number of amides is 1. The first-order valence-electron chi connectivity index (χ1n) is 7.40. The molecule has 0 saturated carbocycles. The molecule has 140 valence electrons. The van der Waals surface area contributed by atoms with Gasteiger partial charge >= 0.3 is 5.97 Å². The van der Waals surface area contributed by atoms with E-state index in [0.717, 1.165) is 0 Å². The van der Waals surface area contributed by atoms with Crippen LogP contribution in [0, 0.1) is 0 Å². The Morgan fingerprint density at radius 2 is 2.04 bits per heavy atom. The first kappa shape index (κ1) is 17.9. The molecule has 0 aliphatic carbocycles. The maximum atomic E-state index is 11.2. The molecular weight excluding hydrogens is 352 g/mol. The first-order valence-corrected chi connectivity index (χ1v) is 7.40. The van der Waals surface area contributed by atoms with Gasteiger partial charge in [0.05, 0.1) is 6.33 Å². The van der Waals surface area contributed by atoms with Crippen LogP contribution in [0.2, 0.25) is 0 Å². The summed E-state index contributed by atoms with van der Waals surface area (Å²) in [7, 11) is 0. The lowest BCUT2D eigenvalue weighted by molar-refractivity contribution is -0.160. The number of nitrogen functional groups attached to an aromatic ring is 1. The van der Waals surface area contributed by atoms with Crippen molar-refractivity contribution >= 4 is 34.8 Å². The fourth-order valence-electron chi connectivity index (χ4n) is 2.65. The molecule has 0 bridgehead atoms. The zero-order valence-electron chi connectivity index (χ0n) is 13.3. The van der Waals surface area contributed by atoms with E-state index in [1.807, 2.05) is 0 Å². The number of carbonyl (C=O) groups excluding carboxylic acids is 1. The summed E-state index contributed by atoms with van der Waals surface area (Å²) in [4.78, 5) is 34.0. The van der Waals surface area contributed by atoms with Crippen molar-refractivity contribution in [3.63, 3.8) is 0 Å². The number of nitrogens with one attached hydrogen (secondary N) is 1. The zero-order valence-corrected chi connectivity index (χ0v) is 13.3. The molecule has 1 amide bonds. The van der Waals surface area contributed by atoms with Crippen LogP contribution in [0.4, 0.5) is 11.8 Å². The van der Waals surface area contributed by atoms with Crippen molar-refractivity contribution < 1.29 is 34.8 Å². The van der Waals surface area contributed by atoms with E-state index in [0.29, 0.717) is 0 Å². The number of nitrogens with two attached hydrogens (primary N) is 1. The van der Waals surface area contributed by atoms with Crippen LogP contribution in [0.15, 0.2) is 6.33 Å². The summed E-state index contributed by atoms with van der Waals surface area (Å²) in [5.41, 5.74) is 5.99. The molecule has 2 aromatic heterocycles. The molecule has 1 saturated heterocycles. The van der Waals surface area contributed by atoms with E-state index in [1.54, 1.807) is 0 Å². The third-order valence-electron chi connectivity index (χ3n) is 3.85. The van der Waals surface area contributed by atoms with Gasteiger partial charge in [-0.3, -0.25) is 14.7 Å². The van der Waals surface area contributed by atoms with Crippen molar-refractivity contribution in [1.29, 1.82) is 0 Å². The largest absolute Gasteiger partial charge is 0.479 e. The zero-order chi connectivity index (χ0) is 19.2. The van der Waals surface area contributed by atoms with Gasteiger partial charge in [0.1, 0.15) is 23.8 Å². The molecule has 13 nitrogen and oxygen atoms in total. The Bertz CT molecular complexity index is 870. The van der Waals surface area contributed by atoms with Crippen molar-refractivity contribution in [2.24, 2.45) is 0 Å². The summed E-state index contributed by atoms with van der Waals surface area (Å²) < 4.78 is 6.52. The Kier molecular flexibility index (Phi) is 4.45. The summed E-state index contributed by atoms with van der Waals surface area (Å²) in [6, 6.07) is 0. The normalized spacial score (nSPS) is 26.8. The van der Waals surface area contributed by atoms with Crippen molar-refractivity contribution in [2.45, 2.75) is 37.6 Å². The van der Waals surface area contributed by atoms with Crippen LogP contribution in [0.1, 0.15) is 13.2 Å². The highest BCUT2D eigenvalue weighted by Gasteiger charge is 2.49. The summed E-state index contributed by atoms with van der Waals surface area (Å²) in [5.74, 6) is -2.21. The van der Waals surface area contributed by atoms with Gasteiger partial charge in [-0.15, -0.1) is 0 Å². The number of carboxylic acids is 1. The average Bonchev–Trinajstić information content (AvgIpc) is 3.09. The van der Waals surface area contributed by atoms with Crippen molar-refractivity contribution in [3.05, 3.63) is 6.33 Å². The second-order valence-corrected chi connectivity index (χ2v) is 5.69. The number of hydrogen-bond acceptors (Lipinski definition) is 10. The van der Waals surface area contributed by atoms with Gasteiger partial charge in [-0.1, -0.05) is 0 Å². The summed E-state index contributed by atoms with van der Waals surface area (Å²) in [6.07, 6.45) is -6.96. The van der Waals surface area contributed by atoms with Gasteiger partial charge in [0.25, 0.3) is 0 Å². The van der Waals surface area contributed by atoms with E-state index >= 15 is 0 Å². The molecule has 2 aromatic rings. The number of anilines is 2. The molecule has 1 fully saturated rings. The maximum Gasteiger partial charge on any atom is 0.335 e. The van der Waals surface area contributed by atoms with Crippen molar-refractivity contribution in [2.75, 3.05) is 11.1 Å². The standard InChI is InChI=1S/C13H16N6O7/c1-3(20)16-13-17-9(14)4-10(18-13)19(2-15-4)11-6(22)5(21)8(26-11)7(23)12(24)25/h2,5-8,11,21-23H,1H3,(H,24,25)(H3,14,16,17,18,20)/t5-,6+,7?,8-,11+/m0/s1. The number of hydrogen-bond donors (Lipinski definition) is 6. The number of ether oxygens (including phenoxy) is 1. The van der Waals surface area contributed by atoms with Crippen LogP contribution >= 0.6 is 0 Å². The molecule has 3 heterocycles. The van der Waals surface area contributed by atoms with Gasteiger partial charge in [-0.05, 0) is 0 Å². The molecule has 0 spiro atoms. The highest BCUT2D eigenvalue weighted by Crippen LogP contribution is 2.33. The minimum absolute atomic E-state index is 0.0485. The molecule has 1 aliphatic heterocycles. The van der Waals surface area contributed by atoms with E-state index in [-0.39, 0.29) is 22.9 Å². The Hall–Kier alpha value is -2.87. The third kappa shape index (κ3) is 2.92. The van der Waals surface area contributed by atoms with Crippen LogP contribution in [-0.2, 0) is 14.3 Å². The molecule has 0 aromatic carbocycles. The maximum absolute atomic E-state index is 11.2. The van der Waals surface area contributed by atoms with Crippen LogP contribution in [0.5, 0.6) is 0 Å². The molecule has 5 atom stereocenters. The van der Waals surface area contributed by atoms with Crippen LogP contribution in [0.25, 0.3) is 11.2 Å². The molecule has 13 heteroatoms. The molecule has 7 N–H and O–H groups in total. The number of carbonyl (C=O) groups is 2. The third-order valence-corrected chi connectivity index (χ3v) is 3.85. The number of aliphatic hydroxyl groups excluding tert-OH is 3. The van der Waals surface area contributed by atoms with Crippen LogP contribution in [-0.4, -0.2) is 76.2 Å². The minimum Gasteiger partial charge on any atom is -0.479 e. The second-order valence-electron chi connectivity index (χ2n) is 5.69. The van der Waals surface area contributed by atoms with E-state index in [9.17, 15) is 24.9 Å². The lowest BCUT2D eigenvalue weighted by Gasteiger charge is -2.17. The Morgan fingerprint density at radius 3 is 2.65 bits per heavy atom. The number of aromatic nitrogens is 4. The first-order chi connectivity index (χ1) is 12.2. The van der Waals surface area contributed by atoms with E-state index in [2.05, 4.69) is 20.3 Å². The summed E-state index contributed by atoms with van der Waals surface area (Å²) in [5, 5.41) is 41.0. The van der Waals surface area contributed by atoms with Gasteiger partial charge in [-0.25, -0.2) is 9.78 Å². The van der Waals surface area contributed by atoms with Gasteiger partial charge in [-0.2, -0.15) is 9.97 Å². The predicted molar refractivity (Wildman–Crippen MR) is 83.6 cm³/mol. The molecule has 3 rings (SSSR count). The highest BCUT2D eigenvalue weighted by atomic mass is 16.6. The number of aliphatic carboxylic acids is 1. The topological polar surface area (TPSA) is 206 Å². The highest BCUT2D eigenvalue weighted by molar-refractivity contribution is 5.89. The number of imidazole rings is 1. The Labute approximate surface area is 145 Å². The average molecular weight is 368 g/mol. The van der Waals surface area contributed by atoms with Gasteiger partial charge in [0.2, 0.25) is 11.9 Å². The predicted octanol–water partition coefficient (Wildman–Crippen LogP) is -2.57. The Morgan fingerprint density at radius 1 is 1.35 bits per heavy atom.